The van der Waals surface area contributed by atoms with Crippen LogP contribution in [0.1, 0.15) is 26.3 Å². The van der Waals surface area contributed by atoms with Crippen molar-refractivity contribution in [2.75, 3.05) is 7.05 Å². The Kier molecular flexibility index (Phi) is 4.34. The summed E-state index contributed by atoms with van der Waals surface area (Å²) in [6.45, 7) is 6.41. The van der Waals surface area contributed by atoms with Crippen LogP contribution in [0.3, 0.4) is 0 Å². The number of benzene rings is 1. The standard InChI is InChI=1S/C13H19ClFN/c1-13(2,3)12(16-4)8-9-7-10(14)5-6-11(9)15/h5-7,12,16H,8H2,1-4H3. The molecule has 0 aliphatic carbocycles. The van der Waals surface area contributed by atoms with Gasteiger partial charge in [0.25, 0.3) is 0 Å². The van der Waals surface area contributed by atoms with Gasteiger partial charge in [0.2, 0.25) is 0 Å². The van der Waals surface area contributed by atoms with Crippen LogP contribution in [-0.4, -0.2) is 13.1 Å². The molecule has 0 saturated carbocycles. The molecule has 90 valence electrons. The molecule has 0 fully saturated rings. The van der Waals surface area contributed by atoms with Crippen LogP contribution in [0.25, 0.3) is 0 Å². The van der Waals surface area contributed by atoms with Gasteiger partial charge in [-0.1, -0.05) is 32.4 Å². The van der Waals surface area contributed by atoms with E-state index < -0.39 is 0 Å². The van der Waals surface area contributed by atoms with E-state index in [0.29, 0.717) is 17.0 Å². The molecule has 1 nitrogen and oxygen atoms in total. The molecular weight excluding hydrogens is 225 g/mol. The molecule has 1 atom stereocenters. The van der Waals surface area contributed by atoms with E-state index in [1.54, 1.807) is 12.1 Å². The van der Waals surface area contributed by atoms with Gasteiger partial charge >= 0.3 is 0 Å². The van der Waals surface area contributed by atoms with Crippen molar-refractivity contribution in [3.05, 3.63) is 34.6 Å². The molecule has 0 spiro atoms. The fourth-order valence-electron chi connectivity index (χ4n) is 1.76. The van der Waals surface area contributed by atoms with Crippen LogP contribution in [0, 0.1) is 11.2 Å². The average molecular weight is 244 g/mol. The van der Waals surface area contributed by atoms with Crippen molar-refractivity contribution in [2.45, 2.75) is 33.2 Å². The summed E-state index contributed by atoms with van der Waals surface area (Å²) in [6, 6.07) is 4.92. The Bertz CT molecular complexity index is 357. The molecule has 3 heteroatoms. The summed E-state index contributed by atoms with van der Waals surface area (Å²) in [5.74, 6) is -0.186. The van der Waals surface area contributed by atoms with Gasteiger partial charge in [-0.05, 0) is 42.6 Å². The third-order valence-corrected chi connectivity index (χ3v) is 3.06. The zero-order valence-corrected chi connectivity index (χ0v) is 11.0. The maximum atomic E-state index is 13.6. The molecule has 1 aromatic rings. The summed E-state index contributed by atoms with van der Waals surface area (Å²) in [6.07, 6.45) is 0.645. The number of hydrogen-bond donors (Lipinski definition) is 1. The third-order valence-electron chi connectivity index (χ3n) is 2.83. The van der Waals surface area contributed by atoms with Gasteiger partial charge in [0, 0.05) is 11.1 Å². The van der Waals surface area contributed by atoms with Gasteiger partial charge in [0.15, 0.2) is 0 Å². The molecule has 1 unspecified atom stereocenters. The van der Waals surface area contributed by atoms with Crippen molar-refractivity contribution in [2.24, 2.45) is 5.41 Å². The molecular formula is C13H19ClFN. The van der Waals surface area contributed by atoms with E-state index in [4.69, 9.17) is 11.6 Å². The van der Waals surface area contributed by atoms with Gasteiger partial charge in [0.1, 0.15) is 5.82 Å². The SMILES string of the molecule is CNC(Cc1cc(Cl)ccc1F)C(C)(C)C. The van der Waals surface area contributed by atoms with Crippen LogP contribution in [0.4, 0.5) is 4.39 Å². The van der Waals surface area contributed by atoms with Gasteiger partial charge in [-0.15, -0.1) is 0 Å². The molecule has 1 aromatic carbocycles. The van der Waals surface area contributed by atoms with Gasteiger partial charge in [-0.3, -0.25) is 0 Å². The van der Waals surface area contributed by atoms with E-state index in [1.807, 2.05) is 7.05 Å². The first-order chi connectivity index (χ1) is 7.34. The normalized spacial score (nSPS) is 13.9. The van der Waals surface area contributed by atoms with Gasteiger partial charge in [0.05, 0.1) is 0 Å². The predicted molar refractivity (Wildman–Crippen MR) is 67.4 cm³/mol. The third kappa shape index (κ3) is 3.46. The van der Waals surface area contributed by atoms with Crippen molar-refractivity contribution in [3.8, 4) is 0 Å². The fourth-order valence-corrected chi connectivity index (χ4v) is 1.96. The highest BCUT2D eigenvalue weighted by Crippen LogP contribution is 2.24. The summed E-state index contributed by atoms with van der Waals surface area (Å²) in [5.41, 5.74) is 0.755. The van der Waals surface area contributed by atoms with Gasteiger partial charge < -0.3 is 5.32 Å². The summed E-state index contributed by atoms with van der Waals surface area (Å²) in [7, 11) is 1.90. The molecule has 0 radical (unpaired) electrons. The minimum absolute atomic E-state index is 0.0868. The Balaban J connectivity index is 2.90. The number of nitrogens with one attached hydrogen (secondary N) is 1. The first-order valence-electron chi connectivity index (χ1n) is 5.46. The Morgan fingerprint density at radius 2 is 2.00 bits per heavy atom. The summed E-state index contributed by atoms with van der Waals surface area (Å²) < 4.78 is 13.6. The summed E-state index contributed by atoms with van der Waals surface area (Å²) in [4.78, 5) is 0. The average Bonchev–Trinajstić information content (AvgIpc) is 2.17. The quantitative estimate of drug-likeness (QED) is 0.855. The summed E-state index contributed by atoms with van der Waals surface area (Å²) >= 11 is 5.87. The van der Waals surface area contributed by atoms with Crippen molar-refractivity contribution in [3.63, 3.8) is 0 Å². The largest absolute Gasteiger partial charge is 0.316 e. The highest BCUT2D eigenvalue weighted by Gasteiger charge is 2.24. The van der Waals surface area contributed by atoms with Gasteiger partial charge in [-0.2, -0.15) is 0 Å². The molecule has 0 aliphatic heterocycles. The number of hydrogen-bond acceptors (Lipinski definition) is 1. The van der Waals surface area contributed by atoms with Crippen LogP contribution in [0.5, 0.6) is 0 Å². The minimum Gasteiger partial charge on any atom is -0.316 e. The van der Waals surface area contributed by atoms with Crippen molar-refractivity contribution < 1.29 is 4.39 Å². The Labute approximate surface area is 102 Å². The molecule has 0 saturated heterocycles. The Morgan fingerprint density at radius 3 is 2.50 bits per heavy atom. The molecule has 0 amide bonds. The maximum absolute atomic E-state index is 13.6. The lowest BCUT2D eigenvalue weighted by Crippen LogP contribution is -2.39. The van der Waals surface area contributed by atoms with E-state index in [0.717, 1.165) is 0 Å². The Hall–Kier alpha value is -0.600. The second-order valence-corrected chi connectivity index (χ2v) is 5.58. The smallest absolute Gasteiger partial charge is 0.126 e. The van der Waals surface area contributed by atoms with Crippen molar-refractivity contribution in [1.29, 1.82) is 0 Å². The van der Waals surface area contributed by atoms with Gasteiger partial charge in [-0.25, -0.2) is 4.39 Å². The zero-order chi connectivity index (χ0) is 12.3. The first-order valence-corrected chi connectivity index (χ1v) is 5.83. The molecule has 0 aliphatic rings. The molecule has 1 rings (SSSR count). The molecule has 16 heavy (non-hydrogen) atoms. The highest BCUT2D eigenvalue weighted by molar-refractivity contribution is 6.30. The molecule has 0 heterocycles. The lowest BCUT2D eigenvalue weighted by Gasteiger charge is -2.30. The lowest BCUT2D eigenvalue weighted by atomic mass is 9.83. The zero-order valence-electron chi connectivity index (χ0n) is 10.3. The van der Waals surface area contributed by atoms with Crippen LogP contribution in [-0.2, 0) is 6.42 Å². The molecule has 1 N–H and O–H groups in total. The summed E-state index contributed by atoms with van der Waals surface area (Å²) in [5, 5.41) is 3.81. The van der Waals surface area contributed by atoms with Crippen LogP contribution in [0.2, 0.25) is 5.02 Å². The van der Waals surface area contributed by atoms with E-state index in [1.165, 1.54) is 6.07 Å². The molecule has 0 aromatic heterocycles. The lowest BCUT2D eigenvalue weighted by molar-refractivity contribution is 0.278. The van der Waals surface area contributed by atoms with Crippen LogP contribution >= 0.6 is 11.6 Å². The monoisotopic (exact) mass is 243 g/mol. The number of likely N-dealkylation sites (N-methyl/N-ethyl adjacent to an activating group) is 1. The van der Waals surface area contributed by atoms with Crippen LogP contribution < -0.4 is 5.32 Å². The number of rotatable bonds is 3. The predicted octanol–water partition coefficient (Wildman–Crippen LogP) is 3.66. The Morgan fingerprint density at radius 1 is 1.38 bits per heavy atom. The van der Waals surface area contributed by atoms with E-state index in [-0.39, 0.29) is 17.3 Å². The van der Waals surface area contributed by atoms with E-state index in [2.05, 4.69) is 26.1 Å². The van der Waals surface area contributed by atoms with Crippen LogP contribution in [0.15, 0.2) is 18.2 Å². The van der Waals surface area contributed by atoms with Crippen molar-refractivity contribution >= 4 is 11.6 Å². The van der Waals surface area contributed by atoms with E-state index in [9.17, 15) is 4.39 Å². The highest BCUT2D eigenvalue weighted by atomic mass is 35.5. The second-order valence-electron chi connectivity index (χ2n) is 5.15. The van der Waals surface area contributed by atoms with Crippen molar-refractivity contribution in [1.82, 2.24) is 5.32 Å². The van der Waals surface area contributed by atoms with E-state index >= 15 is 0 Å². The maximum Gasteiger partial charge on any atom is 0.126 e. The number of halogens is 2. The minimum atomic E-state index is -0.186. The fraction of sp³-hybridized carbons (Fsp3) is 0.538. The second kappa shape index (κ2) is 5.15. The topological polar surface area (TPSA) is 12.0 Å². The first kappa shape index (κ1) is 13.5. The molecule has 0 bridgehead atoms.